The number of rotatable bonds is 6. The topological polar surface area (TPSA) is 18.5 Å². The van der Waals surface area contributed by atoms with Crippen LogP contribution in [0.25, 0.3) is 0 Å². The van der Waals surface area contributed by atoms with Crippen molar-refractivity contribution in [2.75, 3.05) is 13.2 Å². The quantitative estimate of drug-likeness (QED) is 0.722. The van der Waals surface area contributed by atoms with E-state index in [4.69, 9.17) is 9.05 Å². The van der Waals surface area contributed by atoms with E-state index in [0.717, 1.165) is 5.56 Å². The zero-order valence-corrected chi connectivity index (χ0v) is 11.9. The van der Waals surface area contributed by atoms with Crippen LogP contribution in [0.15, 0.2) is 22.7 Å². The van der Waals surface area contributed by atoms with Crippen LogP contribution in [-0.2, 0) is 15.2 Å². The minimum Gasteiger partial charge on any atom is -0.334 e. The first-order valence-electron chi connectivity index (χ1n) is 5.14. The first-order chi connectivity index (χ1) is 7.67. The van der Waals surface area contributed by atoms with Gasteiger partial charge in [-0.05, 0) is 47.5 Å². The molecule has 16 heavy (non-hydrogen) atoms. The standard InChI is InChI=1S/C11H15BrFO2P/c1-3-14-16(15-4-2)8-9-5-6-10(12)11(13)7-9/h5-7H,3-4,8H2,1-2H3. The lowest BCUT2D eigenvalue weighted by molar-refractivity contribution is 0.268. The molecule has 0 saturated heterocycles. The maximum atomic E-state index is 13.3. The van der Waals surface area contributed by atoms with Crippen molar-refractivity contribution in [1.29, 1.82) is 0 Å². The van der Waals surface area contributed by atoms with Crippen LogP contribution in [0, 0.1) is 5.82 Å². The molecule has 0 saturated carbocycles. The Morgan fingerprint density at radius 3 is 2.38 bits per heavy atom. The molecule has 0 bridgehead atoms. The Kier molecular flexibility index (Phi) is 6.44. The van der Waals surface area contributed by atoms with Gasteiger partial charge < -0.3 is 9.05 Å². The second kappa shape index (κ2) is 7.33. The van der Waals surface area contributed by atoms with Crippen molar-refractivity contribution in [3.05, 3.63) is 34.1 Å². The van der Waals surface area contributed by atoms with E-state index in [1.165, 1.54) is 6.07 Å². The predicted molar refractivity (Wildman–Crippen MR) is 68.0 cm³/mol. The van der Waals surface area contributed by atoms with Gasteiger partial charge in [0.25, 0.3) is 0 Å². The van der Waals surface area contributed by atoms with Gasteiger partial charge in [0, 0.05) is 6.16 Å². The molecule has 0 aliphatic carbocycles. The smallest absolute Gasteiger partial charge is 0.175 e. The van der Waals surface area contributed by atoms with Crippen molar-refractivity contribution in [2.45, 2.75) is 20.0 Å². The van der Waals surface area contributed by atoms with E-state index in [0.29, 0.717) is 23.8 Å². The van der Waals surface area contributed by atoms with Crippen LogP contribution >= 0.6 is 24.3 Å². The minimum atomic E-state index is -0.941. The van der Waals surface area contributed by atoms with Gasteiger partial charge in [0.15, 0.2) is 8.38 Å². The molecular formula is C11H15BrFO2P. The fraction of sp³-hybridized carbons (Fsp3) is 0.455. The van der Waals surface area contributed by atoms with E-state index >= 15 is 0 Å². The van der Waals surface area contributed by atoms with Crippen molar-refractivity contribution in [2.24, 2.45) is 0 Å². The van der Waals surface area contributed by atoms with Crippen LogP contribution < -0.4 is 0 Å². The molecule has 0 atom stereocenters. The van der Waals surface area contributed by atoms with E-state index in [1.54, 1.807) is 6.07 Å². The van der Waals surface area contributed by atoms with Crippen LogP contribution in [-0.4, -0.2) is 13.2 Å². The number of hydrogen-bond acceptors (Lipinski definition) is 2. The SMILES string of the molecule is CCOP(Cc1ccc(Br)c(F)c1)OCC. The Morgan fingerprint density at radius 1 is 1.25 bits per heavy atom. The van der Waals surface area contributed by atoms with Crippen LogP contribution in [0.5, 0.6) is 0 Å². The van der Waals surface area contributed by atoms with Gasteiger partial charge in [-0.2, -0.15) is 0 Å². The summed E-state index contributed by atoms with van der Waals surface area (Å²) < 4.78 is 24.7. The highest BCUT2D eigenvalue weighted by Gasteiger charge is 2.11. The van der Waals surface area contributed by atoms with Crippen LogP contribution in [0.2, 0.25) is 0 Å². The average molecular weight is 309 g/mol. The maximum absolute atomic E-state index is 13.3. The number of halogens is 2. The molecule has 0 aliphatic heterocycles. The Labute approximate surface area is 105 Å². The lowest BCUT2D eigenvalue weighted by Crippen LogP contribution is -1.95. The Hall–Kier alpha value is -0.0200. The molecule has 0 spiro atoms. The third-order valence-corrected chi connectivity index (χ3v) is 4.20. The summed E-state index contributed by atoms with van der Waals surface area (Å²) in [4.78, 5) is 0. The molecule has 0 radical (unpaired) electrons. The Bertz CT molecular complexity index is 330. The summed E-state index contributed by atoms with van der Waals surface area (Å²) in [7, 11) is -0.941. The molecule has 1 aromatic rings. The molecule has 0 N–H and O–H groups in total. The van der Waals surface area contributed by atoms with Crippen LogP contribution in [0.3, 0.4) is 0 Å². The molecule has 5 heteroatoms. The van der Waals surface area contributed by atoms with E-state index in [9.17, 15) is 4.39 Å². The maximum Gasteiger partial charge on any atom is 0.175 e. The monoisotopic (exact) mass is 308 g/mol. The average Bonchev–Trinajstić information content (AvgIpc) is 2.24. The molecule has 0 fully saturated rings. The lowest BCUT2D eigenvalue weighted by atomic mass is 10.2. The van der Waals surface area contributed by atoms with E-state index in [2.05, 4.69) is 15.9 Å². The second-order valence-corrected chi connectivity index (χ2v) is 5.43. The molecule has 0 heterocycles. The summed E-state index contributed by atoms with van der Waals surface area (Å²) in [6.07, 6.45) is 0.626. The fourth-order valence-corrected chi connectivity index (χ4v) is 2.78. The van der Waals surface area contributed by atoms with Gasteiger partial charge in [-0.25, -0.2) is 4.39 Å². The molecule has 90 valence electrons. The molecule has 0 aliphatic rings. The third kappa shape index (κ3) is 4.46. The second-order valence-electron chi connectivity index (χ2n) is 3.07. The molecule has 2 nitrogen and oxygen atoms in total. The van der Waals surface area contributed by atoms with Gasteiger partial charge in [-0.15, -0.1) is 0 Å². The zero-order valence-electron chi connectivity index (χ0n) is 9.37. The van der Waals surface area contributed by atoms with Crippen LogP contribution in [0.1, 0.15) is 19.4 Å². The minimum absolute atomic E-state index is 0.250. The molecule has 1 aromatic carbocycles. The van der Waals surface area contributed by atoms with Crippen molar-refractivity contribution < 1.29 is 13.4 Å². The summed E-state index contributed by atoms with van der Waals surface area (Å²) in [5, 5.41) is 0. The normalized spacial score (nSPS) is 11.1. The summed E-state index contributed by atoms with van der Waals surface area (Å²) >= 11 is 3.12. The molecule has 0 amide bonds. The van der Waals surface area contributed by atoms with Gasteiger partial charge in [0.1, 0.15) is 5.82 Å². The molecule has 0 aromatic heterocycles. The molecular weight excluding hydrogens is 294 g/mol. The summed E-state index contributed by atoms with van der Waals surface area (Å²) in [5.41, 5.74) is 0.897. The first-order valence-corrected chi connectivity index (χ1v) is 7.30. The van der Waals surface area contributed by atoms with Gasteiger partial charge in [0.05, 0.1) is 17.7 Å². The van der Waals surface area contributed by atoms with Crippen molar-refractivity contribution in [3.63, 3.8) is 0 Å². The fourth-order valence-electron chi connectivity index (χ4n) is 1.20. The third-order valence-electron chi connectivity index (χ3n) is 1.84. The van der Waals surface area contributed by atoms with Crippen LogP contribution in [0.4, 0.5) is 4.39 Å². The van der Waals surface area contributed by atoms with Gasteiger partial charge in [0.2, 0.25) is 0 Å². The predicted octanol–water partition coefficient (Wildman–Crippen LogP) is 4.47. The largest absolute Gasteiger partial charge is 0.334 e. The van der Waals surface area contributed by atoms with Crippen molar-refractivity contribution in [3.8, 4) is 0 Å². The summed E-state index contributed by atoms with van der Waals surface area (Å²) in [6.45, 7) is 5.09. The summed E-state index contributed by atoms with van der Waals surface area (Å²) in [5.74, 6) is -0.250. The number of hydrogen-bond donors (Lipinski definition) is 0. The molecule has 1 rings (SSSR count). The van der Waals surface area contributed by atoms with Crippen molar-refractivity contribution in [1.82, 2.24) is 0 Å². The molecule has 0 unspecified atom stereocenters. The highest BCUT2D eigenvalue weighted by Crippen LogP contribution is 2.42. The van der Waals surface area contributed by atoms with Gasteiger partial charge in [-0.1, -0.05) is 6.07 Å². The van der Waals surface area contributed by atoms with E-state index < -0.39 is 8.38 Å². The first kappa shape index (κ1) is 14.0. The zero-order chi connectivity index (χ0) is 12.0. The van der Waals surface area contributed by atoms with Crippen molar-refractivity contribution >= 4 is 24.3 Å². The Morgan fingerprint density at radius 2 is 1.88 bits per heavy atom. The number of benzene rings is 1. The highest BCUT2D eigenvalue weighted by molar-refractivity contribution is 9.10. The van der Waals surface area contributed by atoms with E-state index in [-0.39, 0.29) is 5.82 Å². The van der Waals surface area contributed by atoms with E-state index in [1.807, 2.05) is 19.9 Å². The van der Waals surface area contributed by atoms with Gasteiger partial charge in [-0.3, -0.25) is 0 Å². The van der Waals surface area contributed by atoms with Gasteiger partial charge >= 0.3 is 0 Å². The lowest BCUT2D eigenvalue weighted by Gasteiger charge is -2.15. The summed E-state index contributed by atoms with van der Waals surface area (Å²) in [6, 6.07) is 5.09. The Balaban J connectivity index is 2.65. The highest BCUT2D eigenvalue weighted by atomic mass is 79.9.